The molecule has 9 nitrogen and oxygen atoms in total. The summed E-state index contributed by atoms with van der Waals surface area (Å²) in [7, 11) is 0. The van der Waals surface area contributed by atoms with Crippen LogP contribution in [0.25, 0.3) is 0 Å². The second kappa shape index (κ2) is 11.6. The maximum atomic E-state index is 13.4. The molecule has 3 amide bonds. The van der Waals surface area contributed by atoms with Crippen molar-refractivity contribution in [1.82, 2.24) is 15.5 Å². The lowest BCUT2D eigenvalue weighted by Crippen LogP contribution is -2.42. The van der Waals surface area contributed by atoms with Crippen LogP contribution in [-0.4, -0.2) is 70.7 Å². The Labute approximate surface area is 215 Å². The van der Waals surface area contributed by atoms with Crippen LogP contribution in [0.1, 0.15) is 63.4 Å². The zero-order valence-corrected chi connectivity index (χ0v) is 21.2. The van der Waals surface area contributed by atoms with Crippen LogP contribution in [0, 0.1) is 0 Å². The first-order valence-corrected chi connectivity index (χ1v) is 14.0. The summed E-state index contributed by atoms with van der Waals surface area (Å²) >= 11 is 1.22. The number of carbonyl (C=O) groups excluding carboxylic acids is 3. The summed E-state index contributed by atoms with van der Waals surface area (Å²) in [5.74, 6) is 0.338. The number of hydrogen-bond donors (Lipinski definition) is 2. The predicted molar refractivity (Wildman–Crippen MR) is 139 cm³/mol. The normalized spacial score (nSPS) is 23.6. The molecule has 1 aromatic carbocycles. The summed E-state index contributed by atoms with van der Waals surface area (Å²) in [5.41, 5.74) is 1.51. The minimum absolute atomic E-state index is 0.0219. The highest BCUT2D eigenvalue weighted by atomic mass is 32.2. The van der Waals surface area contributed by atoms with E-state index in [9.17, 15) is 14.4 Å². The van der Waals surface area contributed by atoms with Crippen LogP contribution >= 0.6 is 11.8 Å². The molecule has 4 aliphatic rings. The number of thioether (sulfide) groups is 1. The van der Waals surface area contributed by atoms with Gasteiger partial charge >= 0.3 is 0 Å². The molecular formula is C26H33N5O4S. The summed E-state index contributed by atoms with van der Waals surface area (Å²) in [6.45, 7) is 1.24. The van der Waals surface area contributed by atoms with Gasteiger partial charge in [0.1, 0.15) is 11.9 Å². The number of carbonyl (C=O) groups is 3. The number of amides is 3. The van der Waals surface area contributed by atoms with Gasteiger partial charge < -0.3 is 15.4 Å². The third-order valence-corrected chi connectivity index (χ3v) is 7.98. The molecule has 3 heterocycles. The number of rotatable bonds is 8. The van der Waals surface area contributed by atoms with E-state index in [1.165, 1.54) is 23.1 Å². The second-order valence-corrected chi connectivity index (χ2v) is 10.7. The summed E-state index contributed by atoms with van der Waals surface area (Å²) in [4.78, 5) is 49.3. The van der Waals surface area contributed by atoms with Crippen molar-refractivity contribution >= 4 is 46.2 Å². The molecule has 2 N–H and O–H groups in total. The zero-order chi connectivity index (χ0) is 24.9. The van der Waals surface area contributed by atoms with Gasteiger partial charge in [0, 0.05) is 31.2 Å². The number of nitrogens with one attached hydrogen (secondary N) is 2. The summed E-state index contributed by atoms with van der Waals surface area (Å²) in [6, 6.07) is 7.16. The van der Waals surface area contributed by atoms with Crippen molar-refractivity contribution in [3.05, 3.63) is 29.8 Å². The fraction of sp³-hybridized carbons (Fsp3) is 0.577. The lowest BCUT2D eigenvalue weighted by molar-refractivity contribution is -0.125. The van der Waals surface area contributed by atoms with Crippen LogP contribution in [0.3, 0.4) is 0 Å². The Kier molecular flexibility index (Phi) is 8.01. The Morgan fingerprint density at radius 3 is 2.72 bits per heavy atom. The molecule has 192 valence electrons. The molecule has 2 atom stereocenters. The minimum Gasteiger partial charge on any atom is -0.376 e. The van der Waals surface area contributed by atoms with Crippen LogP contribution in [0.4, 0.5) is 5.69 Å². The van der Waals surface area contributed by atoms with Crippen molar-refractivity contribution in [1.29, 1.82) is 0 Å². The summed E-state index contributed by atoms with van der Waals surface area (Å²) in [6.07, 6.45) is 8.25. The molecule has 1 aromatic rings. The molecule has 3 aliphatic heterocycles. The van der Waals surface area contributed by atoms with E-state index in [0.29, 0.717) is 24.0 Å². The maximum absolute atomic E-state index is 13.4. The minimum atomic E-state index is -0.637. The topological polar surface area (TPSA) is 112 Å². The van der Waals surface area contributed by atoms with E-state index < -0.39 is 6.04 Å². The fourth-order valence-electron chi connectivity index (χ4n) is 5.12. The molecule has 0 radical (unpaired) electrons. The molecule has 36 heavy (non-hydrogen) atoms. The Morgan fingerprint density at radius 2 is 1.92 bits per heavy atom. The van der Waals surface area contributed by atoms with Gasteiger partial charge in [0.2, 0.25) is 11.8 Å². The average Bonchev–Trinajstić information content (AvgIpc) is 3.53. The Morgan fingerprint density at radius 1 is 1.08 bits per heavy atom. The van der Waals surface area contributed by atoms with Gasteiger partial charge in [-0.2, -0.15) is 0 Å². The third-order valence-electron chi connectivity index (χ3n) is 7.05. The Balaban J connectivity index is 1.21. The van der Waals surface area contributed by atoms with E-state index in [0.717, 1.165) is 56.4 Å². The standard InChI is InChI=1S/C26H33N5O4S/c32-22(28-17-7-2-1-3-8-17)13-12-21-25(34)31-24(29-21)19-10-4-5-11-20(19)30-26(31)36-16-23(33)27-15-18-9-6-14-35-18/h4-5,10-11,17-18,21H,1-3,6-9,12-16H2,(H,27,33)(H,28,32)/t18-,21+/m1/s1. The Bertz CT molecular complexity index is 1060. The van der Waals surface area contributed by atoms with Gasteiger partial charge in [-0.1, -0.05) is 43.2 Å². The van der Waals surface area contributed by atoms with Crippen LogP contribution in [0.15, 0.2) is 34.3 Å². The first-order chi connectivity index (χ1) is 17.6. The zero-order valence-electron chi connectivity index (χ0n) is 20.4. The van der Waals surface area contributed by atoms with Gasteiger partial charge in [0.05, 0.1) is 17.5 Å². The van der Waals surface area contributed by atoms with E-state index in [2.05, 4.69) is 15.6 Å². The van der Waals surface area contributed by atoms with E-state index in [1.807, 2.05) is 24.3 Å². The Hall–Kier alpha value is -2.72. The number of para-hydroxylation sites is 1. The number of hydrogen-bond acceptors (Lipinski definition) is 7. The van der Waals surface area contributed by atoms with E-state index >= 15 is 0 Å². The number of amidine groups is 2. The molecule has 0 spiro atoms. The largest absolute Gasteiger partial charge is 0.376 e. The maximum Gasteiger partial charge on any atom is 0.259 e. The molecular weight excluding hydrogens is 478 g/mol. The average molecular weight is 512 g/mol. The lowest BCUT2D eigenvalue weighted by atomic mass is 9.95. The van der Waals surface area contributed by atoms with Crippen molar-refractivity contribution in [2.45, 2.75) is 76.0 Å². The molecule has 10 heteroatoms. The molecule has 1 saturated heterocycles. The number of ether oxygens (including phenoxy) is 1. The van der Waals surface area contributed by atoms with Gasteiger partial charge in [0.25, 0.3) is 5.91 Å². The van der Waals surface area contributed by atoms with Crippen molar-refractivity contribution in [3.63, 3.8) is 0 Å². The first kappa shape index (κ1) is 25.0. The van der Waals surface area contributed by atoms with Crippen molar-refractivity contribution < 1.29 is 19.1 Å². The van der Waals surface area contributed by atoms with Crippen LogP contribution in [0.2, 0.25) is 0 Å². The second-order valence-electron chi connectivity index (χ2n) is 9.72. The van der Waals surface area contributed by atoms with E-state index in [-0.39, 0.29) is 42.0 Å². The van der Waals surface area contributed by atoms with Gasteiger partial charge in [-0.25, -0.2) is 9.89 Å². The number of benzene rings is 1. The quantitative estimate of drug-likeness (QED) is 0.557. The highest BCUT2D eigenvalue weighted by Crippen LogP contribution is 2.34. The lowest BCUT2D eigenvalue weighted by Gasteiger charge is -2.25. The molecule has 1 aliphatic carbocycles. The smallest absolute Gasteiger partial charge is 0.259 e. The summed E-state index contributed by atoms with van der Waals surface area (Å²) in [5, 5.41) is 6.47. The predicted octanol–water partition coefficient (Wildman–Crippen LogP) is 2.90. The van der Waals surface area contributed by atoms with Gasteiger partial charge in [-0.15, -0.1) is 0 Å². The van der Waals surface area contributed by atoms with Gasteiger partial charge in [-0.3, -0.25) is 19.4 Å². The van der Waals surface area contributed by atoms with Crippen LogP contribution in [-0.2, 0) is 19.1 Å². The van der Waals surface area contributed by atoms with Gasteiger partial charge in [0.15, 0.2) is 5.17 Å². The number of fused-ring (bicyclic) bond motifs is 3. The van der Waals surface area contributed by atoms with Crippen LogP contribution in [0.5, 0.6) is 0 Å². The molecule has 1 saturated carbocycles. The third kappa shape index (κ3) is 5.81. The molecule has 0 unspecified atom stereocenters. The molecule has 2 fully saturated rings. The van der Waals surface area contributed by atoms with Crippen molar-refractivity contribution in [3.8, 4) is 0 Å². The molecule has 0 aromatic heterocycles. The molecule has 5 rings (SSSR count). The highest BCUT2D eigenvalue weighted by molar-refractivity contribution is 8.14. The fourth-order valence-corrected chi connectivity index (χ4v) is 5.95. The number of nitrogens with zero attached hydrogens (tertiary/aromatic N) is 3. The van der Waals surface area contributed by atoms with Gasteiger partial charge in [-0.05, 0) is 44.2 Å². The number of aliphatic imine (C=N–C) groups is 2. The van der Waals surface area contributed by atoms with Crippen molar-refractivity contribution in [2.75, 3.05) is 18.9 Å². The highest BCUT2D eigenvalue weighted by Gasteiger charge is 2.41. The van der Waals surface area contributed by atoms with Crippen LogP contribution < -0.4 is 10.6 Å². The first-order valence-electron chi connectivity index (χ1n) is 13.0. The summed E-state index contributed by atoms with van der Waals surface area (Å²) < 4.78 is 5.56. The van der Waals surface area contributed by atoms with E-state index in [4.69, 9.17) is 9.73 Å². The monoisotopic (exact) mass is 511 g/mol. The van der Waals surface area contributed by atoms with E-state index in [1.54, 1.807) is 0 Å². The SMILES string of the molecule is O=C(CSC1=Nc2ccccc2C2=N[C@@H](CCC(=O)NC3CCCCC3)C(=O)N12)NC[C@H]1CCCO1. The molecule has 0 bridgehead atoms. The van der Waals surface area contributed by atoms with Crippen molar-refractivity contribution in [2.24, 2.45) is 9.98 Å².